The summed E-state index contributed by atoms with van der Waals surface area (Å²) < 4.78 is 10.7. The van der Waals surface area contributed by atoms with Crippen molar-refractivity contribution in [2.24, 2.45) is 0 Å². The molecule has 0 saturated heterocycles. The monoisotopic (exact) mass is 522 g/mol. The molecule has 0 aliphatic rings. The summed E-state index contributed by atoms with van der Waals surface area (Å²) in [5, 5.41) is 5.44. The van der Waals surface area contributed by atoms with Gasteiger partial charge in [0.05, 0.1) is 24.8 Å². The van der Waals surface area contributed by atoms with Crippen LogP contribution in [0.1, 0.15) is 33.2 Å². The molecule has 0 bridgehead atoms. The zero-order valence-corrected chi connectivity index (χ0v) is 20.2. The second-order valence-corrected chi connectivity index (χ2v) is 7.87. The van der Waals surface area contributed by atoms with Crippen LogP contribution in [-0.2, 0) is 9.53 Å². The minimum absolute atomic E-state index is 0.0420. The summed E-state index contributed by atoms with van der Waals surface area (Å²) in [6.07, 6.45) is 1.57. The lowest BCUT2D eigenvalue weighted by molar-refractivity contribution is -0.113. The molecule has 34 heavy (non-hydrogen) atoms. The van der Waals surface area contributed by atoms with Gasteiger partial charge in [-0.2, -0.15) is 0 Å². The first kappa shape index (κ1) is 24.7. The van der Waals surface area contributed by atoms with Crippen molar-refractivity contribution in [3.63, 3.8) is 0 Å². The van der Waals surface area contributed by atoms with Crippen LogP contribution in [0.15, 0.2) is 83.0 Å². The Labute approximate surface area is 205 Å². The van der Waals surface area contributed by atoms with E-state index in [0.717, 1.165) is 0 Å². The van der Waals surface area contributed by atoms with Crippen molar-refractivity contribution in [1.29, 1.82) is 0 Å². The second-order valence-electron chi connectivity index (χ2n) is 7.02. The number of carbonyl (C=O) groups is 3. The Bertz CT molecular complexity index is 1200. The third-order valence-corrected chi connectivity index (χ3v) is 5.38. The Morgan fingerprint density at radius 1 is 0.941 bits per heavy atom. The van der Waals surface area contributed by atoms with Crippen LogP contribution in [0.5, 0.6) is 5.75 Å². The molecule has 2 N–H and O–H groups in total. The first-order chi connectivity index (χ1) is 16.4. The van der Waals surface area contributed by atoms with Crippen molar-refractivity contribution >= 4 is 45.5 Å². The summed E-state index contributed by atoms with van der Waals surface area (Å²) in [4.78, 5) is 37.8. The Hall–Kier alpha value is -3.91. The van der Waals surface area contributed by atoms with Gasteiger partial charge in [-0.1, -0.05) is 24.3 Å². The van der Waals surface area contributed by atoms with Gasteiger partial charge in [-0.05, 0) is 83.0 Å². The van der Waals surface area contributed by atoms with E-state index in [9.17, 15) is 14.4 Å². The Morgan fingerprint density at radius 2 is 1.62 bits per heavy atom. The van der Waals surface area contributed by atoms with Gasteiger partial charge in [-0.15, -0.1) is 0 Å². The van der Waals surface area contributed by atoms with Gasteiger partial charge < -0.3 is 20.1 Å². The maximum absolute atomic E-state index is 13.1. The highest BCUT2D eigenvalue weighted by Crippen LogP contribution is 2.18. The number of benzene rings is 3. The van der Waals surface area contributed by atoms with Gasteiger partial charge in [-0.25, -0.2) is 4.79 Å². The van der Waals surface area contributed by atoms with Crippen molar-refractivity contribution in [2.45, 2.75) is 6.92 Å². The molecule has 0 radical (unpaired) electrons. The molecule has 0 heterocycles. The molecule has 0 spiro atoms. The fourth-order valence-electron chi connectivity index (χ4n) is 2.96. The molecule has 0 unspecified atom stereocenters. The quantitative estimate of drug-likeness (QED) is 0.319. The van der Waals surface area contributed by atoms with E-state index in [4.69, 9.17) is 9.47 Å². The van der Waals surface area contributed by atoms with Gasteiger partial charge in [0.1, 0.15) is 11.4 Å². The highest BCUT2D eigenvalue weighted by atomic mass is 79.9. The van der Waals surface area contributed by atoms with Gasteiger partial charge in [-0.3, -0.25) is 9.59 Å². The molecule has 3 rings (SSSR count). The van der Waals surface area contributed by atoms with Crippen LogP contribution in [0.4, 0.5) is 5.69 Å². The minimum Gasteiger partial charge on any atom is -0.497 e. The summed E-state index contributed by atoms with van der Waals surface area (Å²) in [6, 6.07) is 20.3. The van der Waals surface area contributed by atoms with Crippen molar-refractivity contribution in [3.05, 3.63) is 99.7 Å². The van der Waals surface area contributed by atoms with Crippen LogP contribution in [0.25, 0.3) is 6.08 Å². The van der Waals surface area contributed by atoms with E-state index in [0.29, 0.717) is 32.6 Å². The highest BCUT2D eigenvalue weighted by Gasteiger charge is 2.17. The molecule has 0 saturated carbocycles. The molecular formula is C26H23BrN2O5. The summed E-state index contributed by atoms with van der Waals surface area (Å²) >= 11 is 3.36. The lowest BCUT2D eigenvalue weighted by Crippen LogP contribution is -2.31. The van der Waals surface area contributed by atoms with Crippen LogP contribution in [0.2, 0.25) is 0 Å². The summed E-state index contributed by atoms with van der Waals surface area (Å²) in [6.45, 7) is 2.00. The second kappa shape index (κ2) is 11.8. The highest BCUT2D eigenvalue weighted by molar-refractivity contribution is 9.10. The van der Waals surface area contributed by atoms with Crippen LogP contribution in [0.3, 0.4) is 0 Å². The first-order valence-electron chi connectivity index (χ1n) is 10.4. The number of amides is 2. The van der Waals surface area contributed by atoms with Crippen LogP contribution >= 0.6 is 15.9 Å². The number of hydrogen-bond acceptors (Lipinski definition) is 5. The largest absolute Gasteiger partial charge is 0.497 e. The fourth-order valence-corrected chi connectivity index (χ4v) is 3.43. The van der Waals surface area contributed by atoms with Crippen molar-refractivity contribution in [1.82, 2.24) is 5.32 Å². The first-order valence-corrected chi connectivity index (χ1v) is 11.2. The molecule has 0 fully saturated rings. The number of nitrogens with one attached hydrogen (secondary N) is 2. The topological polar surface area (TPSA) is 93.7 Å². The minimum atomic E-state index is -0.528. The molecule has 2 amide bonds. The molecule has 0 aromatic heterocycles. The molecule has 3 aromatic rings. The molecule has 0 atom stereocenters. The third-order valence-electron chi connectivity index (χ3n) is 4.69. The normalized spacial score (nSPS) is 10.9. The van der Waals surface area contributed by atoms with E-state index in [1.165, 1.54) is 0 Å². The molecule has 0 aliphatic carbocycles. The van der Waals surface area contributed by atoms with Crippen molar-refractivity contribution < 1.29 is 23.9 Å². The standard InChI is InChI=1S/C26H23BrN2O5/c1-3-34-26(32)18-10-12-19(13-11-18)28-25(31)23(16-17-8-14-20(33-2)15-9-17)29-24(30)21-6-4-5-7-22(21)27/h4-16H,3H2,1-2H3,(H,28,31)(H,29,30). The molecule has 3 aromatic carbocycles. The van der Waals surface area contributed by atoms with Gasteiger partial charge >= 0.3 is 5.97 Å². The predicted molar refractivity (Wildman–Crippen MR) is 134 cm³/mol. The Kier molecular flexibility index (Phi) is 8.59. The van der Waals surface area contributed by atoms with E-state index in [2.05, 4.69) is 26.6 Å². The van der Waals surface area contributed by atoms with E-state index in [1.807, 2.05) is 0 Å². The molecule has 174 valence electrons. The van der Waals surface area contributed by atoms with Gasteiger partial charge in [0.25, 0.3) is 11.8 Å². The summed E-state index contributed by atoms with van der Waals surface area (Å²) in [5.74, 6) is -0.747. The number of ether oxygens (including phenoxy) is 2. The molecular weight excluding hydrogens is 500 g/mol. The number of esters is 1. The van der Waals surface area contributed by atoms with Crippen LogP contribution in [-0.4, -0.2) is 31.5 Å². The van der Waals surface area contributed by atoms with Crippen molar-refractivity contribution in [3.8, 4) is 5.75 Å². The van der Waals surface area contributed by atoms with E-state index < -0.39 is 17.8 Å². The summed E-state index contributed by atoms with van der Waals surface area (Å²) in [7, 11) is 1.56. The number of methoxy groups -OCH3 is 1. The average molecular weight is 523 g/mol. The molecule has 0 aliphatic heterocycles. The zero-order valence-electron chi connectivity index (χ0n) is 18.6. The number of rotatable bonds is 8. The van der Waals surface area contributed by atoms with E-state index in [-0.39, 0.29) is 12.3 Å². The zero-order chi connectivity index (χ0) is 24.5. The number of anilines is 1. The van der Waals surface area contributed by atoms with Crippen LogP contribution in [0, 0.1) is 0 Å². The van der Waals surface area contributed by atoms with E-state index in [1.54, 1.807) is 92.9 Å². The molecule has 8 heteroatoms. The average Bonchev–Trinajstić information content (AvgIpc) is 2.85. The van der Waals surface area contributed by atoms with Crippen molar-refractivity contribution in [2.75, 3.05) is 19.0 Å². The Balaban J connectivity index is 1.85. The lowest BCUT2D eigenvalue weighted by Gasteiger charge is -2.12. The van der Waals surface area contributed by atoms with Gasteiger partial charge in [0.2, 0.25) is 0 Å². The summed E-state index contributed by atoms with van der Waals surface area (Å²) in [5.41, 5.74) is 1.94. The third kappa shape index (κ3) is 6.55. The number of halogens is 1. The number of carbonyl (C=O) groups excluding carboxylic acids is 3. The lowest BCUT2D eigenvalue weighted by atomic mass is 10.1. The molecule has 7 nitrogen and oxygen atoms in total. The van der Waals surface area contributed by atoms with Gasteiger partial charge in [0.15, 0.2) is 0 Å². The van der Waals surface area contributed by atoms with Crippen LogP contribution < -0.4 is 15.4 Å². The maximum Gasteiger partial charge on any atom is 0.338 e. The maximum atomic E-state index is 13.1. The van der Waals surface area contributed by atoms with E-state index >= 15 is 0 Å². The predicted octanol–water partition coefficient (Wildman–Crippen LogP) is 5.04. The SMILES string of the molecule is CCOC(=O)c1ccc(NC(=O)C(=Cc2ccc(OC)cc2)NC(=O)c2ccccc2Br)cc1. The van der Waals surface area contributed by atoms with Gasteiger partial charge in [0, 0.05) is 10.2 Å². The Morgan fingerprint density at radius 3 is 2.24 bits per heavy atom. The number of hydrogen-bond donors (Lipinski definition) is 2. The fraction of sp³-hybridized carbons (Fsp3) is 0.115. The smallest absolute Gasteiger partial charge is 0.338 e.